The number of esters is 1. The minimum absolute atomic E-state index is 0. The van der Waals surface area contributed by atoms with E-state index in [1.54, 1.807) is 0 Å². The molecule has 106 valence electrons. The Bertz CT molecular complexity index is 464. The van der Waals surface area contributed by atoms with Crippen molar-refractivity contribution in [3.05, 3.63) is 22.1 Å². The van der Waals surface area contributed by atoms with Crippen LogP contribution >= 0.6 is 29.4 Å². The topological polar surface area (TPSA) is 42.4 Å². The van der Waals surface area contributed by atoms with Crippen LogP contribution in [0.25, 0.3) is 0 Å². The van der Waals surface area contributed by atoms with Gasteiger partial charge in [-0.05, 0) is 40.9 Å². The fraction of sp³-hybridized carbons (Fsp3) is 0.500. The van der Waals surface area contributed by atoms with Gasteiger partial charge in [0.2, 0.25) is 5.95 Å². The summed E-state index contributed by atoms with van der Waals surface area (Å²) in [5, 5.41) is 0. The molecule has 0 aliphatic carbocycles. The molecule has 0 radical (unpaired) electrons. The molecule has 7 heteroatoms. The lowest BCUT2D eigenvalue weighted by Crippen LogP contribution is -2.24. The zero-order valence-corrected chi connectivity index (χ0v) is 13.3. The molecule has 1 aliphatic heterocycles. The number of anilines is 1. The summed E-state index contributed by atoms with van der Waals surface area (Å²) in [6.07, 6.45) is 0.713. The average Bonchev–Trinajstić information content (AvgIpc) is 2.84. The third-order valence-corrected chi connectivity index (χ3v) is 4.09. The predicted octanol–water partition coefficient (Wildman–Crippen LogP) is 2.40. The van der Waals surface area contributed by atoms with Crippen LogP contribution in [0.2, 0.25) is 0 Å². The Morgan fingerprint density at radius 1 is 1.63 bits per heavy atom. The van der Waals surface area contributed by atoms with Crippen LogP contribution in [0.1, 0.15) is 12.0 Å². The van der Waals surface area contributed by atoms with Gasteiger partial charge < -0.3 is 9.64 Å². The van der Waals surface area contributed by atoms with Gasteiger partial charge in [0.15, 0.2) is 0 Å². The van der Waals surface area contributed by atoms with Gasteiger partial charge in [-0.3, -0.25) is 4.79 Å². The first-order valence-corrected chi connectivity index (χ1v) is 6.47. The first-order valence-electron chi connectivity index (χ1n) is 5.68. The number of hydrogen-bond donors (Lipinski definition) is 0. The maximum absolute atomic E-state index is 13.5. The summed E-state index contributed by atoms with van der Waals surface area (Å²) in [4.78, 5) is 17.2. The highest BCUT2D eigenvalue weighted by atomic mass is 79.9. The standard InChI is InChI=1S/C12H14BrFN2O2.H2S/c1-7-5-9(15-11(14)10(7)13)16-4-3-8(6-16)12(17)18-2;/h5,8H,3-4,6H2,1-2H3;1H2/t8-;/m0./s1. The second-order valence-electron chi connectivity index (χ2n) is 4.36. The summed E-state index contributed by atoms with van der Waals surface area (Å²) in [6.45, 7) is 3.03. The van der Waals surface area contributed by atoms with Gasteiger partial charge in [-0.1, -0.05) is 0 Å². The predicted molar refractivity (Wildman–Crippen MR) is 79.3 cm³/mol. The second kappa shape index (κ2) is 6.56. The fourth-order valence-corrected chi connectivity index (χ4v) is 2.29. The second-order valence-corrected chi connectivity index (χ2v) is 5.15. The highest BCUT2D eigenvalue weighted by Crippen LogP contribution is 2.27. The van der Waals surface area contributed by atoms with Crippen LogP contribution in [0.15, 0.2) is 10.5 Å². The van der Waals surface area contributed by atoms with Crippen LogP contribution < -0.4 is 4.90 Å². The average molecular weight is 351 g/mol. The molecule has 0 aromatic carbocycles. The van der Waals surface area contributed by atoms with Crippen LogP contribution in [0.4, 0.5) is 10.2 Å². The lowest BCUT2D eigenvalue weighted by atomic mass is 10.1. The van der Waals surface area contributed by atoms with Crippen molar-refractivity contribution in [1.29, 1.82) is 0 Å². The number of ether oxygens (including phenoxy) is 1. The molecule has 1 aliphatic rings. The number of aromatic nitrogens is 1. The number of hydrogen-bond acceptors (Lipinski definition) is 4. The van der Waals surface area contributed by atoms with Gasteiger partial charge in [0.1, 0.15) is 5.82 Å². The maximum Gasteiger partial charge on any atom is 0.310 e. The van der Waals surface area contributed by atoms with E-state index < -0.39 is 5.95 Å². The van der Waals surface area contributed by atoms with Gasteiger partial charge in [-0.2, -0.15) is 17.9 Å². The van der Waals surface area contributed by atoms with Crippen molar-refractivity contribution < 1.29 is 13.9 Å². The molecule has 1 aromatic heterocycles. The van der Waals surface area contributed by atoms with Crippen LogP contribution in [0, 0.1) is 18.8 Å². The van der Waals surface area contributed by atoms with Crippen molar-refractivity contribution >= 4 is 41.2 Å². The zero-order valence-electron chi connectivity index (χ0n) is 10.7. The van der Waals surface area contributed by atoms with Crippen LogP contribution in [0.3, 0.4) is 0 Å². The molecule has 2 rings (SSSR count). The normalized spacial score (nSPS) is 18.1. The molecule has 0 bridgehead atoms. The summed E-state index contributed by atoms with van der Waals surface area (Å²) in [7, 11) is 1.38. The first kappa shape index (κ1) is 16.2. The van der Waals surface area contributed by atoms with Gasteiger partial charge in [0.05, 0.1) is 17.5 Å². The summed E-state index contributed by atoms with van der Waals surface area (Å²) in [6, 6.07) is 1.81. The summed E-state index contributed by atoms with van der Waals surface area (Å²) >= 11 is 3.14. The summed E-state index contributed by atoms with van der Waals surface area (Å²) < 4.78 is 18.6. The number of rotatable bonds is 2. The van der Waals surface area contributed by atoms with Gasteiger partial charge in [0.25, 0.3) is 0 Å². The maximum atomic E-state index is 13.5. The number of aryl methyl sites for hydroxylation is 1. The summed E-state index contributed by atoms with van der Waals surface area (Å²) in [5.41, 5.74) is 0.791. The van der Waals surface area contributed by atoms with Crippen molar-refractivity contribution in [2.45, 2.75) is 13.3 Å². The van der Waals surface area contributed by atoms with E-state index in [4.69, 9.17) is 4.74 Å². The molecular formula is C12H16BrFN2O2S. The lowest BCUT2D eigenvalue weighted by Gasteiger charge is -2.18. The molecule has 1 saturated heterocycles. The molecule has 1 fully saturated rings. The number of halogens is 2. The number of carbonyl (C=O) groups is 1. The molecule has 0 spiro atoms. The molecule has 1 atom stereocenters. The van der Waals surface area contributed by atoms with E-state index in [2.05, 4.69) is 20.9 Å². The number of pyridine rings is 1. The Kier molecular flexibility index (Phi) is 5.61. The van der Waals surface area contributed by atoms with E-state index in [0.717, 1.165) is 5.56 Å². The number of nitrogens with zero attached hydrogens (tertiary/aromatic N) is 2. The van der Waals surface area contributed by atoms with Crippen LogP contribution in [-0.2, 0) is 9.53 Å². The van der Waals surface area contributed by atoms with Crippen molar-refractivity contribution in [3.63, 3.8) is 0 Å². The Morgan fingerprint density at radius 2 is 2.32 bits per heavy atom. The smallest absolute Gasteiger partial charge is 0.310 e. The van der Waals surface area contributed by atoms with E-state index >= 15 is 0 Å². The Hall–Kier alpha value is -0.820. The zero-order chi connectivity index (χ0) is 13.3. The van der Waals surface area contributed by atoms with Crippen molar-refractivity contribution in [2.75, 3.05) is 25.1 Å². The summed E-state index contributed by atoms with van der Waals surface area (Å²) in [5.74, 6) is -0.318. The molecule has 1 aromatic rings. The molecular weight excluding hydrogens is 335 g/mol. The molecule has 0 unspecified atom stereocenters. The quantitative estimate of drug-likeness (QED) is 0.606. The molecule has 19 heavy (non-hydrogen) atoms. The first-order chi connectivity index (χ1) is 8.52. The van der Waals surface area contributed by atoms with Crippen molar-refractivity contribution in [1.82, 2.24) is 4.98 Å². The highest BCUT2D eigenvalue weighted by Gasteiger charge is 2.30. The van der Waals surface area contributed by atoms with Crippen LogP contribution in [-0.4, -0.2) is 31.2 Å². The van der Waals surface area contributed by atoms with E-state index in [9.17, 15) is 9.18 Å². The molecule has 0 N–H and O–H groups in total. The third kappa shape index (κ3) is 3.39. The molecule has 4 nitrogen and oxygen atoms in total. The molecule has 0 amide bonds. The van der Waals surface area contributed by atoms with Gasteiger partial charge in [-0.15, -0.1) is 0 Å². The Morgan fingerprint density at radius 3 is 2.89 bits per heavy atom. The number of methoxy groups -OCH3 is 1. The Labute approximate surface area is 126 Å². The highest BCUT2D eigenvalue weighted by molar-refractivity contribution is 9.10. The van der Waals surface area contributed by atoms with E-state index in [1.807, 2.05) is 17.9 Å². The third-order valence-electron chi connectivity index (χ3n) is 3.13. The largest absolute Gasteiger partial charge is 0.469 e. The van der Waals surface area contributed by atoms with Crippen LogP contribution in [0.5, 0.6) is 0 Å². The monoisotopic (exact) mass is 350 g/mol. The Balaban J connectivity index is 0.00000180. The van der Waals surface area contributed by atoms with Gasteiger partial charge in [-0.25, -0.2) is 4.98 Å². The minimum Gasteiger partial charge on any atom is -0.469 e. The number of carbonyl (C=O) groups excluding carboxylic acids is 1. The fourth-order valence-electron chi connectivity index (χ4n) is 2.09. The SMILES string of the molecule is COC(=O)[C@H]1CCN(c2cc(C)c(Br)c(F)n2)C1.S. The van der Waals surface area contributed by atoms with E-state index in [0.29, 0.717) is 29.8 Å². The van der Waals surface area contributed by atoms with Crippen molar-refractivity contribution in [2.24, 2.45) is 5.92 Å². The van der Waals surface area contributed by atoms with Gasteiger partial charge >= 0.3 is 5.97 Å². The van der Waals surface area contributed by atoms with E-state index in [-0.39, 0.29) is 25.4 Å². The van der Waals surface area contributed by atoms with Gasteiger partial charge in [0, 0.05) is 13.1 Å². The molecule has 2 heterocycles. The molecule has 0 saturated carbocycles. The van der Waals surface area contributed by atoms with E-state index in [1.165, 1.54) is 7.11 Å². The minimum atomic E-state index is -0.522. The lowest BCUT2D eigenvalue weighted by molar-refractivity contribution is -0.144. The van der Waals surface area contributed by atoms with Crippen molar-refractivity contribution in [3.8, 4) is 0 Å².